The first-order valence-electron chi connectivity index (χ1n) is 11.0. The maximum absolute atomic E-state index is 12.8. The number of hydrogen-bond acceptors (Lipinski definition) is 4. The third-order valence-corrected chi connectivity index (χ3v) is 6.56. The first kappa shape index (κ1) is 22.0. The van der Waals surface area contributed by atoms with Gasteiger partial charge in [-0.1, -0.05) is 50.6 Å². The molecule has 3 rings (SSSR count). The minimum atomic E-state index is -0.274. The van der Waals surface area contributed by atoms with E-state index in [1.54, 1.807) is 19.2 Å². The number of ether oxygens (including phenoxy) is 3. The molecule has 1 spiro atoms. The molecule has 0 N–H and O–H groups in total. The normalized spacial score (nSPS) is 31.9. The van der Waals surface area contributed by atoms with Crippen molar-refractivity contribution in [1.82, 2.24) is 0 Å². The average Bonchev–Trinajstić information content (AvgIpc) is 3.48. The van der Waals surface area contributed by atoms with Crippen molar-refractivity contribution in [3.8, 4) is 0 Å². The van der Waals surface area contributed by atoms with Gasteiger partial charge in [0.1, 0.15) is 17.8 Å². The van der Waals surface area contributed by atoms with Crippen LogP contribution in [0.25, 0.3) is 0 Å². The molecule has 1 aliphatic carbocycles. The van der Waals surface area contributed by atoms with Crippen molar-refractivity contribution in [2.75, 3.05) is 13.7 Å². The van der Waals surface area contributed by atoms with Gasteiger partial charge in [0.25, 0.3) is 0 Å². The van der Waals surface area contributed by atoms with Gasteiger partial charge in [-0.25, -0.2) is 4.79 Å². The van der Waals surface area contributed by atoms with Crippen LogP contribution in [0.2, 0.25) is 0 Å². The summed E-state index contributed by atoms with van der Waals surface area (Å²) >= 11 is 0. The van der Waals surface area contributed by atoms with Crippen LogP contribution in [0, 0.1) is 17.8 Å². The van der Waals surface area contributed by atoms with Crippen LogP contribution < -0.4 is 0 Å². The Labute approximate surface area is 175 Å². The van der Waals surface area contributed by atoms with Gasteiger partial charge in [-0.15, -0.1) is 0 Å². The molecule has 4 nitrogen and oxygen atoms in total. The molecule has 5 unspecified atom stereocenters. The minimum Gasteiger partial charge on any atom is -0.456 e. The van der Waals surface area contributed by atoms with Crippen molar-refractivity contribution in [2.24, 2.45) is 17.8 Å². The molecule has 0 aromatic heterocycles. The van der Waals surface area contributed by atoms with Crippen LogP contribution in [-0.4, -0.2) is 37.5 Å². The number of rotatable bonds is 8. The first-order chi connectivity index (χ1) is 13.9. The van der Waals surface area contributed by atoms with Gasteiger partial charge in [0.15, 0.2) is 0 Å². The van der Waals surface area contributed by atoms with E-state index in [1.807, 2.05) is 18.2 Å². The van der Waals surface area contributed by atoms with E-state index in [1.165, 1.54) is 12.0 Å². The summed E-state index contributed by atoms with van der Waals surface area (Å²) in [6, 6.07) is 9.22. The summed E-state index contributed by atoms with van der Waals surface area (Å²) in [6.45, 7) is 9.60. The Morgan fingerprint density at radius 3 is 2.52 bits per heavy atom. The van der Waals surface area contributed by atoms with Crippen LogP contribution in [0.4, 0.5) is 0 Å². The Morgan fingerprint density at radius 2 is 1.97 bits per heavy atom. The Kier molecular flexibility index (Phi) is 7.18. The fourth-order valence-electron chi connectivity index (χ4n) is 4.86. The molecule has 1 saturated carbocycles. The lowest BCUT2D eigenvalue weighted by Crippen LogP contribution is -2.54. The number of allylic oxidation sites excluding steroid dienone is 1. The largest absolute Gasteiger partial charge is 0.456 e. The van der Waals surface area contributed by atoms with Gasteiger partial charge in [-0.05, 0) is 50.7 Å². The molecule has 1 heterocycles. The Balaban J connectivity index is 1.84. The Bertz CT molecular complexity index is 705. The average molecular weight is 401 g/mol. The van der Waals surface area contributed by atoms with Crippen LogP contribution in [0.5, 0.6) is 0 Å². The number of methoxy groups -OCH3 is 1. The highest BCUT2D eigenvalue weighted by Crippen LogP contribution is 2.53. The van der Waals surface area contributed by atoms with Crippen LogP contribution in [0.15, 0.2) is 42.0 Å². The minimum absolute atomic E-state index is 0.121. The van der Waals surface area contributed by atoms with Crippen LogP contribution >= 0.6 is 0 Å². The molecule has 160 valence electrons. The van der Waals surface area contributed by atoms with Crippen LogP contribution in [0.3, 0.4) is 0 Å². The summed E-state index contributed by atoms with van der Waals surface area (Å²) in [5, 5.41) is 0. The number of benzene rings is 1. The second-order valence-electron chi connectivity index (χ2n) is 9.06. The van der Waals surface area contributed by atoms with Crippen molar-refractivity contribution in [1.29, 1.82) is 0 Å². The molecule has 2 fully saturated rings. The molecule has 0 amide bonds. The van der Waals surface area contributed by atoms with Crippen molar-refractivity contribution < 1.29 is 19.0 Å². The standard InChI is InChI=1S/C25H36O4/c1-6-19-15-25(16-28-25)21(18(4)12-10-11-17(2)3)23(27-5)22(19)29-24(26)20-13-8-7-9-14-20/h7-9,12-14,17,19,21-23H,6,10-11,15-16H2,1-5H3/b18-12+. The van der Waals surface area contributed by atoms with E-state index in [-0.39, 0.29) is 35.6 Å². The SMILES string of the molecule is CCC1CC2(CO2)C(/C(C)=C/CCC(C)C)C(OC)C1OC(=O)c1ccccc1. The number of esters is 1. The monoisotopic (exact) mass is 400 g/mol. The molecule has 5 atom stereocenters. The van der Waals surface area contributed by atoms with Crippen molar-refractivity contribution in [3.05, 3.63) is 47.5 Å². The molecular formula is C25H36O4. The van der Waals surface area contributed by atoms with Gasteiger partial charge >= 0.3 is 5.97 Å². The summed E-state index contributed by atoms with van der Waals surface area (Å²) < 4.78 is 18.1. The summed E-state index contributed by atoms with van der Waals surface area (Å²) in [5.74, 6) is 0.758. The van der Waals surface area contributed by atoms with Crippen LogP contribution in [0.1, 0.15) is 63.7 Å². The Hall–Kier alpha value is -1.65. The number of carbonyl (C=O) groups is 1. The lowest BCUT2D eigenvalue weighted by Gasteiger charge is -2.45. The lowest BCUT2D eigenvalue weighted by atomic mass is 9.67. The van der Waals surface area contributed by atoms with Gasteiger partial charge in [-0.2, -0.15) is 0 Å². The summed E-state index contributed by atoms with van der Waals surface area (Å²) in [6.07, 6.45) is 5.93. The topological polar surface area (TPSA) is 48.1 Å². The molecule has 1 aromatic rings. The van der Waals surface area contributed by atoms with E-state index in [2.05, 4.69) is 33.8 Å². The molecule has 1 aliphatic heterocycles. The molecule has 2 aliphatic rings. The second kappa shape index (κ2) is 9.44. The van der Waals surface area contributed by atoms with Crippen molar-refractivity contribution in [2.45, 2.75) is 71.2 Å². The van der Waals surface area contributed by atoms with Crippen LogP contribution in [-0.2, 0) is 14.2 Å². The fourth-order valence-corrected chi connectivity index (χ4v) is 4.86. The zero-order valence-electron chi connectivity index (χ0n) is 18.5. The van der Waals surface area contributed by atoms with Gasteiger partial charge in [0, 0.05) is 18.9 Å². The van der Waals surface area contributed by atoms with E-state index in [0.717, 1.165) is 25.9 Å². The van der Waals surface area contributed by atoms with E-state index >= 15 is 0 Å². The highest BCUT2D eigenvalue weighted by atomic mass is 16.6. The van der Waals surface area contributed by atoms with Gasteiger partial charge < -0.3 is 14.2 Å². The quantitative estimate of drug-likeness (QED) is 0.332. The van der Waals surface area contributed by atoms with E-state index in [9.17, 15) is 4.79 Å². The fraction of sp³-hybridized carbons (Fsp3) is 0.640. The van der Waals surface area contributed by atoms with Gasteiger partial charge in [-0.3, -0.25) is 0 Å². The summed E-state index contributed by atoms with van der Waals surface area (Å²) in [4.78, 5) is 12.8. The highest BCUT2D eigenvalue weighted by Gasteiger charge is 2.62. The maximum atomic E-state index is 12.8. The predicted octanol–water partition coefficient (Wildman–Crippen LogP) is 5.42. The third kappa shape index (κ3) is 4.92. The molecular weight excluding hydrogens is 364 g/mol. The first-order valence-corrected chi connectivity index (χ1v) is 11.0. The number of carbonyl (C=O) groups excluding carboxylic acids is 1. The smallest absolute Gasteiger partial charge is 0.338 e. The molecule has 29 heavy (non-hydrogen) atoms. The predicted molar refractivity (Wildman–Crippen MR) is 115 cm³/mol. The molecule has 4 heteroatoms. The van der Waals surface area contributed by atoms with Crippen molar-refractivity contribution in [3.63, 3.8) is 0 Å². The van der Waals surface area contributed by atoms with Gasteiger partial charge in [0.2, 0.25) is 0 Å². The highest BCUT2D eigenvalue weighted by molar-refractivity contribution is 5.89. The summed E-state index contributed by atoms with van der Waals surface area (Å²) in [7, 11) is 1.73. The zero-order valence-corrected chi connectivity index (χ0v) is 18.5. The zero-order chi connectivity index (χ0) is 21.0. The summed E-state index contributed by atoms with van der Waals surface area (Å²) in [5.41, 5.74) is 1.72. The molecule has 0 bridgehead atoms. The maximum Gasteiger partial charge on any atom is 0.338 e. The molecule has 1 aromatic carbocycles. The molecule has 1 saturated heterocycles. The third-order valence-electron chi connectivity index (χ3n) is 6.56. The number of epoxide rings is 1. The second-order valence-corrected chi connectivity index (χ2v) is 9.06. The Morgan fingerprint density at radius 1 is 1.28 bits per heavy atom. The lowest BCUT2D eigenvalue weighted by molar-refractivity contribution is -0.120. The van der Waals surface area contributed by atoms with E-state index in [0.29, 0.717) is 11.5 Å². The van der Waals surface area contributed by atoms with Gasteiger partial charge in [0.05, 0.1) is 12.2 Å². The van der Waals surface area contributed by atoms with Crippen molar-refractivity contribution >= 4 is 5.97 Å². The van der Waals surface area contributed by atoms with E-state index in [4.69, 9.17) is 14.2 Å². The number of hydrogen-bond donors (Lipinski definition) is 0. The molecule has 0 radical (unpaired) electrons. The van der Waals surface area contributed by atoms with E-state index < -0.39 is 0 Å².